The van der Waals surface area contributed by atoms with E-state index in [9.17, 15) is 9.59 Å². The highest BCUT2D eigenvalue weighted by Crippen LogP contribution is 1.93. The Hall–Kier alpha value is -1.12. The van der Waals surface area contributed by atoms with Gasteiger partial charge >= 0.3 is 11.9 Å². The highest BCUT2D eigenvalue weighted by atomic mass is 16.6. The van der Waals surface area contributed by atoms with E-state index in [2.05, 4.69) is 4.74 Å². The average molecular weight is 170 g/mol. The molecule has 0 saturated heterocycles. The number of esters is 2. The Balaban J connectivity index is 3.69. The number of rotatable bonds is 4. The van der Waals surface area contributed by atoms with E-state index >= 15 is 0 Å². The molecule has 0 amide bonds. The highest BCUT2D eigenvalue weighted by Gasteiger charge is 2.04. The van der Waals surface area contributed by atoms with E-state index in [1.807, 2.05) is 13.8 Å². The van der Waals surface area contributed by atoms with Crippen LogP contribution < -0.4 is 0 Å². The molecule has 0 atom stereocenters. The molecule has 0 aromatic heterocycles. The normalized spacial score (nSPS) is 10.2. The largest absolute Gasteiger partial charge is 0.390 e. The van der Waals surface area contributed by atoms with Gasteiger partial charge in [-0.3, -0.25) is 4.79 Å². The molecule has 0 spiro atoms. The van der Waals surface area contributed by atoms with Gasteiger partial charge in [-0.05, 0) is 12.8 Å². The zero-order chi connectivity index (χ0) is 9.40. The van der Waals surface area contributed by atoms with Crippen LogP contribution in [-0.4, -0.2) is 11.9 Å². The smallest absolute Gasteiger partial charge is 0.338 e. The Bertz CT molecular complexity index is 182. The van der Waals surface area contributed by atoms with Gasteiger partial charge in [0.05, 0.1) is 0 Å². The quantitative estimate of drug-likeness (QED) is 0.367. The van der Waals surface area contributed by atoms with Gasteiger partial charge in [0.2, 0.25) is 0 Å². The predicted molar refractivity (Wildman–Crippen MR) is 45.4 cm³/mol. The van der Waals surface area contributed by atoms with Crippen molar-refractivity contribution < 1.29 is 14.3 Å². The van der Waals surface area contributed by atoms with Crippen molar-refractivity contribution in [3.63, 3.8) is 0 Å². The fourth-order valence-corrected chi connectivity index (χ4v) is 0.615. The fourth-order valence-electron chi connectivity index (χ4n) is 0.615. The van der Waals surface area contributed by atoms with Crippen LogP contribution in [0, 0.1) is 0 Å². The summed E-state index contributed by atoms with van der Waals surface area (Å²) in [5.74, 6) is -1.03. The number of ether oxygens (including phenoxy) is 1. The number of hydrogen-bond donors (Lipinski definition) is 0. The predicted octanol–water partition coefficient (Wildman–Crippen LogP) is 1.82. The first-order valence-corrected chi connectivity index (χ1v) is 4.11. The maximum Gasteiger partial charge on any atom is 0.338 e. The maximum atomic E-state index is 10.8. The summed E-state index contributed by atoms with van der Waals surface area (Å²) in [7, 11) is 0. The van der Waals surface area contributed by atoms with Crippen LogP contribution in [0.4, 0.5) is 0 Å². The Morgan fingerprint density at radius 3 is 2.50 bits per heavy atom. The lowest BCUT2D eigenvalue weighted by Gasteiger charge is -1.96. The van der Waals surface area contributed by atoms with Crippen molar-refractivity contribution in [1.29, 1.82) is 0 Å². The number of carbonyl (C=O) groups excluding carboxylic acids is 2. The molecule has 0 rings (SSSR count). The van der Waals surface area contributed by atoms with Crippen LogP contribution in [0.15, 0.2) is 12.2 Å². The molecule has 3 heteroatoms. The second-order valence-corrected chi connectivity index (χ2v) is 2.35. The summed E-state index contributed by atoms with van der Waals surface area (Å²) in [6.07, 6.45) is 4.68. The first kappa shape index (κ1) is 10.9. The standard InChI is InChI=1S/C9H14O3/c1-3-5-7-9(11)12-8(10)6-4-2/h5,7H,3-4,6H2,1-2H3. The van der Waals surface area contributed by atoms with Gasteiger partial charge in [0, 0.05) is 12.5 Å². The first-order valence-electron chi connectivity index (χ1n) is 4.11. The van der Waals surface area contributed by atoms with Crippen LogP contribution in [0.5, 0.6) is 0 Å². The van der Waals surface area contributed by atoms with Crippen LogP contribution in [0.2, 0.25) is 0 Å². The summed E-state index contributed by atoms with van der Waals surface area (Å²) < 4.78 is 4.43. The third kappa shape index (κ3) is 5.65. The molecule has 0 heterocycles. The van der Waals surface area contributed by atoms with Gasteiger partial charge in [-0.15, -0.1) is 0 Å². The molecule has 0 radical (unpaired) electrons. The van der Waals surface area contributed by atoms with Crippen LogP contribution in [0.3, 0.4) is 0 Å². The molecule has 0 aliphatic heterocycles. The van der Waals surface area contributed by atoms with E-state index < -0.39 is 11.9 Å². The van der Waals surface area contributed by atoms with Gasteiger partial charge in [-0.25, -0.2) is 4.79 Å². The van der Waals surface area contributed by atoms with E-state index in [0.717, 1.165) is 6.42 Å². The molecule has 0 N–H and O–H groups in total. The van der Waals surface area contributed by atoms with E-state index in [1.54, 1.807) is 6.08 Å². The molecular formula is C9H14O3. The maximum absolute atomic E-state index is 10.8. The van der Waals surface area contributed by atoms with Gasteiger partial charge in [0.25, 0.3) is 0 Å². The minimum atomic E-state index is -0.574. The van der Waals surface area contributed by atoms with Crippen molar-refractivity contribution in [2.45, 2.75) is 33.1 Å². The number of hydrogen-bond acceptors (Lipinski definition) is 3. The summed E-state index contributed by atoms with van der Waals surface area (Å²) in [6, 6.07) is 0. The molecule has 0 fully saturated rings. The Morgan fingerprint density at radius 2 is 2.00 bits per heavy atom. The van der Waals surface area contributed by atoms with Gasteiger partial charge in [-0.1, -0.05) is 19.9 Å². The molecule has 0 aliphatic carbocycles. The minimum absolute atomic E-state index is 0.297. The molecule has 0 bridgehead atoms. The molecule has 3 nitrogen and oxygen atoms in total. The van der Waals surface area contributed by atoms with Gasteiger partial charge in [0.15, 0.2) is 0 Å². The molecule has 68 valence electrons. The summed E-state index contributed by atoms with van der Waals surface area (Å²) in [6.45, 7) is 3.76. The monoisotopic (exact) mass is 170 g/mol. The second-order valence-electron chi connectivity index (χ2n) is 2.35. The average Bonchev–Trinajstić information content (AvgIpc) is 2.01. The van der Waals surface area contributed by atoms with E-state index in [4.69, 9.17) is 0 Å². The van der Waals surface area contributed by atoms with Gasteiger partial charge in [0.1, 0.15) is 0 Å². The number of carbonyl (C=O) groups is 2. The molecule has 0 aromatic rings. The molecule has 0 aliphatic rings. The van der Waals surface area contributed by atoms with Crippen molar-refractivity contribution in [2.75, 3.05) is 0 Å². The third-order valence-corrected chi connectivity index (χ3v) is 1.16. The second kappa shape index (κ2) is 6.58. The molecule has 0 saturated carbocycles. The van der Waals surface area contributed by atoms with Crippen molar-refractivity contribution in [1.82, 2.24) is 0 Å². The Kier molecular flexibility index (Phi) is 5.97. The molecular weight excluding hydrogens is 156 g/mol. The molecule has 12 heavy (non-hydrogen) atoms. The van der Waals surface area contributed by atoms with Gasteiger partial charge in [-0.2, -0.15) is 0 Å². The van der Waals surface area contributed by atoms with E-state index in [-0.39, 0.29) is 0 Å². The summed E-state index contributed by atoms with van der Waals surface area (Å²) in [4.78, 5) is 21.5. The van der Waals surface area contributed by atoms with Crippen molar-refractivity contribution in [3.05, 3.63) is 12.2 Å². The lowest BCUT2D eigenvalue weighted by atomic mass is 10.3. The van der Waals surface area contributed by atoms with E-state index in [1.165, 1.54) is 6.08 Å². The van der Waals surface area contributed by atoms with Crippen molar-refractivity contribution in [2.24, 2.45) is 0 Å². The summed E-state index contributed by atoms with van der Waals surface area (Å²) >= 11 is 0. The number of allylic oxidation sites excluding steroid dienone is 1. The third-order valence-electron chi connectivity index (χ3n) is 1.16. The van der Waals surface area contributed by atoms with Crippen molar-refractivity contribution >= 4 is 11.9 Å². The molecule has 0 unspecified atom stereocenters. The van der Waals surface area contributed by atoms with Crippen LogP contribution in [0.1, 0.15) is 33.1 Å². The topological polar surface area (TPSA) is 43.4 Å². The summed E-state index contributed by atoms with van der Waals surface area (Å²) in [5.41, 5.74) is 0. The summed E-state index contributed by atoms with van der Waals surface area (Å²) in [5, 5.41) is 0. The van der Waals surface area contributed by atoms with Crippen LogP contribution in [-0.2, 0) is 14.3 Å². The lowest BCUT2D eigenvalue weighted by molar-refractivity contribution is -0.156. The van der Waals surface area contributed by atoms with Crippen LogP contribution in [0.25, 0.3) is 0 Å². The van der Waals surface area contributed by atoms with Gasteiger partial charge < -0.3 is 4.74 Å². The van der Waals surface area contributed by atoms with Crippen LogP contribution >= 0.6 is 0 Å². The lowest BCUT2D eigenvalue weighted by Crippen LogP contribution is -2.09. The minimum Gasteiger partial charge on any atom is -0.390 e. The fraction of sp³-hybridized carbons (Fsp3) is 0.556. The highest BCUT2D eigenvalue weighted by molar-refractivity contribution is 5.91. The Morgan fingerprint density at radius 1 is 1.33 bits per heavy atom. The SMILES string of the molecule is CCC=CC(=O)OC(=O)CCC. The Labute approximate surface area is 72.4 Å². The van der Waals surface area contributed by atoms with Crippen molar-refractivity contribution in [3.8, 4) is 0 Å². The molecule has 0 aromatic carbocycles. The zero-order valence-electron chi connectivity index (χ0n) is 7.50. The first-order chi connectivity index (χ1) is 5.70. The van der Waals surface area contributed by atoms with E-state index in [0.29, 0.717) is 12.8 Å². The zero-order valence-corrected chi connectivity index (χ0v) is 7.50.